The zero-order valence-corrected chi connectivity index (χ0v) is 15.6. The molecule has 126 valence electrons. The van der Waals surface area contributed by atoms with Crippen molar-refractivity contribution in [3.8, 4) is 0 Å². The fraction of sp³-hybridized carbons (Fsp3) is 0.667. The Hall–Kier alpha value is -0.280. The molecule has 0 spiro atoms. The lowest BCUT2D eigenvalue weighted by Gasteiger charge is -2.35. The first kappa shape index (κ1) is 19.8. The first-order chi connectivity index (χ1) is 9.55. The van der Waals surface area contributed by atoms with Gasteiger partial charge in [0.1, 0.15) is 0 Å². The van der Waals surface area contributed by atoms with Gasteiger partial charge < -0.3 is 5.32 Å². The highest BCUT2D eigenvalue weighted by Crippen LogP contribution is 2.44. The van der Waals surface area contributed by atoms with Crippen LogP contribution in [-0.2, 0) is 5.41 Å². The van der Waals surface area contributed by atoms with Gasteiger partial charge in [-0.25, -0.2) is 0 Å². The summed E-state index contributed by atoms with van der Waals surface area (Å²) < 4.78 is 0. The lowest BCUT2D eigenvalue weighted by atomic mass is 9.86. The molecular weight excluding hydrogens is 315 g/mol. The molecule has 0 bridgehead atoms. The van der Waals surface area contributed by atoms with Crippen molar-refractivity contribution in [2.24, 2.45) is 5.92 Å². The summed E-state index contributed by atoms with van der Waals surface area (Å²) in [5.74, 6) is 0.897. The van der Waals surface area contributed by atoms with Crippen molar-refractivity contribution in [2.75, 3.05) is 26.2 Å². The zero-order chi connectivity index (χ0) is 14.2. The number of rotatable bonds is 3. The van der Waals surface area contributed by atoms with Gasteiger partial charge in [0.25, 0.3) is 0 Å². The summed E-state index contributed by atoms with van der Waals surface area (Å²) in [6.07, 6.45) is 2.82. The van der Waals surface area contributed by atoms with E-state index in [0.29, 0.717) is 6.04 Å². The third-order valence-corrected chi connectivity index (χ3v) is 4.73. The summed E-state index contributed by atoms with van der Waals surface area (Å²) in [5, 5.41) is 3.47. The van der Waals surface area contributed by atoms with Crippen molar-refractivity contribution in [3.63, 3.8) is 0 Å². The predicted octanol–water partition coefficient (Wildman–Crippen LogP) is 4.18. The Morgan fingerprint density at radius 1 is 1.00 bits per heavy atom. The van der Waals surface area contributed by atoms with Crippen LogP contribution in [0, 0.1) is 5.92 Å². The number of nitrogens with zero attached hydrogens (tertiary/aromatic N) is 1. The minimum atomic E-state index is 0. The molecule has 3 rings (SSSR count). The maximum atomic E-state index is 3.47. The standard InChI is InChI=1S/C18H28N2.2ClH/c1-18(2,3)16-8-6-15(7-9-16)17(14-4-5-14)20-12-10-19-11-13-20;;/h6-9,14,17,19H,4-5,10-13H2,1-3H3;2*1H/t17-;;/m0../s1. The molecule has 1 aromatic carbocycles. The van der Waals surface area contributed by atoms with Crippen LogP contribution >= 0.6 is 24.8 Å². The molecule has 1 saturated carbocycles. The van der Waals surface area contributed by atoms with Gasteiger partial charge in [0.05, 0.1) is 0 Å². The van der Waals surface area contributed by atoms with Crippen LogP contribution in [0.4, 0.5) is 0 Å². The molecular formula is C18H30Cl2N2. The van der Waals surface area contributed by atoms with E-state index in [-0.39, 0.29) is 30.2 Å². The highest BCUT2D eigenvalue weighted by molar-refractivity contribution is 5.85. The molecule has 0 amide bonds. The number of nitrogens with one attached hydrogen (secondary N) is 1. The van der Waals surface area contributed by atoms with E-state index in [4.69, 9.17) is 0 Å². The van der Waals surface area contributed by atoms with E-state index in [0.717, 1.165) is 19.0 Å². The quantitative estimate of drug-likeness (QED) is 0.884. The molecule has 2 nitrogen and oxygen atoms in total. The Balaban J connectivity index is 0.00000121. The monoisotopic (exact) mass is 344 g/mol. The number of benzene rings is 1. The second-order valence-electron chi connectivity index (χ2n) is 7.44. The first-order valence-electron chi connectivity index (χ1n) is 8.11. The van der Waals surface area contributed by atoms with Gasteiger partial charge in [0.2, 0.25) is 0 Å². The second-order valence-corrected chi connectivity index (χ2v) is 7.44. The van der Waals surface area contributed by atoms with Crippen molar-refractivity contribution in [1.82, 2.24) is 10.2 Å². The Morgan fingerprint density at radius 2 is 1.55 bits per heavy atom. The molecule has 1 saturated heterocycles. The maximum Gasteiger partial charge on any atom is 0.0377 e. The Morgan fingerprint density at radius 3 is 2.00 bits per heavy atom. The van der Waals surface area contributed by atoms with Crippen LogP contribution in [0.5, 0.6) is 0 Å². The van der Waals surface area contributed by atoms with E-state index < -0.39 is 0 Å². The first-order valence-corrected chi connectivity index (χ1v) is 8.11. The van der Waals surface area contributed by atoms with Crippen LogP contribution in [0.1, 0.15) is 50.8 Å². The number of piperazine rings is 1. The average molecular weight is 345 g/mol. The molecule has 1 aliphatic carbocycles. The van der Waals surface area contributed by atoms with Crippen LogP contribution in [0.3, 0.4) is 0 Å². The van der Waals surface area contributed by atoms with Crippen LogP contribution in [0.15, 0.2) is 24.3 Å². The smallest absolute Gasteiger partial charge is 0.0377 e. The van der Waals surface area contributed by atoms with E-state index in [9.17, 15) is 0 Å². The van der Waals surface area contributed by atoms with Gasteiger partial charge in [0.15, 0.2) is 0 Å². The number of hydrogen-bond acceptors (Lipinski definition) is 2. The van der Waals surface area contributed by atoms with Crippen LogP contribution in [0.25, 0.3) is 0 Å². The molecule has 4 heteroatoms. The van der Waals surface area contributed by atoms with Crippen molar-refractivity contribution < 1.29 is 0 Å². The fourth-order valence-corrected chi connectivity index (χ4v) is 3.33. The molecule has 1 N–H and O–H groups in total. The minimum Gasteiger partial charge on any atom is -0.314 e. The molecule has 1 atom stereocenters. The Kier molecular flexibility index (Phi) is 7.20. The van der Waals surface area contributed by atoms with Crippen molar-refractivity contribution in [1.29, 1.82) is 0 Å². The molecule has 0 unspecified atom stereocenters. The molecule has 0 aromatic heterocycles. The summed E-state index contributed by atoms with van der Waals surface area (Å²) in [4.78, 5) is 2.69. The van der Waals surface area contributed by atoms with Gasteiger partial charge in [-0.15, -0.1) is 24.8 Å². The third kappa shape index (κ3) is 4.61. The maximum absolute atomic E-state index is 3.47. The molecule has 0 radical (unpaired) electrons. The molecule has 1 heterocycles. The Bertz CT molecular complexity index is 443. The van der Waals surface area contributed by atoms with E-state index in [1.807, 2.05) is 0 Å². The van der Waals surface area contributed by atoms with Gasteiger partial charge in [-0.05, 0) is 35.3 Å². The van der Waals surface area contributed by atoms with Gasteiger partial charge >= 0.3 is 0 Å². The molecule has 2 fully saturated rings. The van der Waals surface area contributed by atoms with Gasteiger partial charge in [-0.3, -0.25) is 4.90 Å². The summed E-state index contributed by atoms with van der Waals surface area (Å²) in [6.45, 7) is 11.5. The molecule has 1 aliphatic heterocycles. The van der Waals surface area contributed by atoms with Crippen LogP contribution in [-0.4, -0.2) is 31.1 Å². The number of hydrogen-bond donors (Lipinski definition) is 1. The molecule has 2 aliphatic rings. The molecule has 22 heavy (non-hydrogen) atoms. The SMILES string of the molecule is CC(C)(C)c1ccc([C@H](C2CC2)N2CCNCC2)cc1.Cl.Cl. The number of halogens is 2. The highest BCUT2D eigenvalue weighted by Gasteiger charge is 2.36. The average Bonchev–Trinajstić information content (AvgIpc) is 3.25. The largest absolute Gasteiger partial charge is 0.314 e. The minimum absolute atomic E-state index is 0. The van der Waals surface area contributed by atoms with Crippen LogP contribution in [0.2, 0.25) is 0 Å². The van der Waals surface area contributed by atoms with E-state index in [1.54, 1.807) is 0 Å². The van der Waals surface area contributed by atoms with Gasteiger partial charge in [0, 0.05) is 32.2 Å². The Labute approximate surface area is 147 Å². The van der Waals surface area contributed by atoms with E-state index in [2.05, 4.69) is 55.3 Å². The van der Waals surface area contributed by atoms with Gasteiger partial charge in [-0.2, -0.15) is 0 Å². The predicted molar refractivity (Wildman–Crippen MR) is 99.5 cm³/mol. The van der Waals surface area contributed by atoms with Gasteiger partial charge in [-0.1, -0.05) is 45.0 Å². The molecule has 1 aromatic rings. The van der Waals surface area contributed by atoms with Crippen LogP contribution < -0.4 is 5.32 Å². The highest BCUT2D eigenvalue weighted by atomic mass is 35.5. The zero-order valence-electron chi connectivity index (χ0n) is 14.0. The third-order valence-electron chi connectivity index (χ3n) is 4.73. The normalized spacial score (nSPS) is 20.7. The lowest BCUT2D eigenvalue weighted by molar-refractivity contribution is 0.156. The van der Waals surface area contributed by atoms with E-state index in [1.165, 1.54) is 37.1 Å². The lowest BCUT2D eigenvalue weighted by Crippen LogP contribution is -2.45. The second kappa shape index (κ2) is 8.01. The van der Waals surface area contributed by atoms with Crippen molar-refractivity contribution in [3.05, 3.63) is 35.4 Å². The van der Waals surface area contributed by atoms with Crippen molar-refractivity contribution in [2.45, 2.75) is 45.1 Å². The van der Waals surface area contributed by atoms with Crippen molar-refractivity contribution >= 4 is 24.8 Å². The summed E-state index contributed by atoms with van der Waals surface area (Å²) in [7, 11) is 0. The topological polar surface area (TPSA) is 15.3 Å². The fourth-order valence-electron chi connectivity index (χ4n) is 3.33. The summed E-state index contributed by atoms with van der Waals surface area (Å²) >= 11 is 0. The summed E-state index contributed by atoms with van der Waals surface area (Å²) in [5.41, 5.74) is 3.22. The van der Waals surface area contributed by atoms with E-state index >= 15 is 0 Å². The summed E-state index contributed by atoms with van der Waals surface area (Å²) in [6, 6.07) is 10.1.